The van der Waals surface area contributed by atoms with Gasteiger partial charge in [-0.2, -0.15) is 0 Å². The minimum Gasteiger partial charge on any atom is -0.394 e. The normalized spacial score (nSPS) is 23.4. The van der Waals surface area contributed by atoms with Gasteiger partial charge in [-0.25, -0.2) is 0 Å². The summed E-state index contributed by atoms with van der Waals surface area (Å²) in [7, 11) is -3.55. The number of unbranched alkanes of at least 4 members (excludes halogenated alkanes) is 14. The van der Waals surface area contributed by atoms with Crippen LogP contribution in [0.25, 0.3) is 0 Å². The van der Waals surface area contributed by atoms with E-state index in [2.05, 4.69) is 27.0 Å². The van der Waals surface area contributed by atoms with Crippen molar-refractivity contribution in [3.63, 3.8) is 0 Å². The summed E-state index contributed by atoms with van der Waals surface area (Å²) in [6.45, 7) is 11.3. The van der Waals surface area contributed by atoms with E-state index in [4.69, 9.17) is 30.7 Å². The Kier molecular flexibility index (Phi) is 27.1. The average Bonchev–Trinajstić information content (AvgIpc) is 3.11. The number of rotatable bonds is 35. The van der Waals surface area contributed by atoms with Crippen molar-refractivity contribution in [1.29, 1.82) is 0 Å². The number of ether oxygens (including phenoxy) is 4. The molecule has 1 saturated heterocycles. The van der Waals surface area contributed by atoms with Crippen molar-refractivity contribution in [2.45, 2.75) is 173 Å². The van der Waals surface area contributed by atoms with E-state index < -0.39 is 57.7 Å². The molecule has 1 rings (SSSR count). The van der Waals surface area contributed by atoms with Gasteiger partial charge in [0.1, 0.15) is 24.4 Å². The minimum atomic E-state index is -3.55. The first kappa shape index (κ1) is 41.8. The molecule has 3 unspecified atom stereocenters. The Balaban J connectivity index is 2.86. The number of hydrogen-bond donors (Lipinski definition) is 2. The molecule has 0 aliphatic carbocycles. The zero-order chi connectivity index (χ0) is 36.9. The van der Waals surface area contributed by atoms with Crippen LogP contribution in [0, 0.1) is 0 Å². The second-order valence-electron chi connectivity index (χ2n) is 12.8. The Morgan fingerprint density at radius 2 is 1.12 bits per heavy atom. The molecule has 48 heavy (non-hydrogen) atoms. The van der Waals surface area contributed by atoms with E-state index in [9.17, 15) is 14.8 Å². The van der Waals surface area contributed by atoms with Crippen LogP contribution in [0.5, 0.6) is 0 Å². The van der Waals surface area contributed by atoms with Gasteiger partial charge in [-0.1, -0.05) is 142 Å². The lowest BCUT2D eigenvalue weighted by Crippen LogP contribution is -2.61. The molecule has 0 bridgehead atoms. The highest BCUT2D eigenvalue weighted by molar-refractivity contribution is 7.53. The van der Waals surface area contributed by atoms with Crippen molar-refractivity contribution in [3.8, 4) is 0 Å². The Morgan fingerprint density at radius 3 is 1.56 bits per heavy atom. The summed E-state index contributed by atoms with van der Waals surface area (Å²) in [4.78, 5) is 0. The fourth-order valence-electron chi connectivity index (χ4n) is 5.69. The summed E-state index contributed by atoms with van der Waals surface area (Å²) in [6.07, 6.45) is 16.9. The Morgan fingerprint density at radius 1 is 0.688 bits per heavy atom. The highest BCUT2D eigenvalue weighted by atomic mass is 31.2. The van der Waals surface area contributed by atoms with E-state index in [0.717, 1.165) is 25.7 Å². The number of hydrogen-bond acceptors (Lipinski definition) is 9. The first-order chi connectivity index (χ1) is 24.2. The molecule has 2 N–H and O–H groups in total. The largest absolute Gasteiger partial charge is 0.394 e. The lowest BCUT2D eigenvalue weighted by atomic mass is 9.98. The molecule has 9 nitrogen and oxygen atoms in total. The van der Waals surface area contributed by atoms with Crippen LogP contribution in [0.15, 0.2) is 25.3 Å². The number of aliphatic hydroxyl groups is 2. The molecular formula is C38H73O9P. The molecular weight excluding hydrogens is 631 g/mol. The Bertz CT molecular complexity index is 854. The van der Waals surface area contributed by atoms with Gasteiger partial charge in [0.15, 0.2) is 6.29 Å². The zero-order valence-electron chi connectivity index (χ0n) is 32.5. The third-order valence-electron chi connectivity index (χ3n) is 8.56. The Hall–Kier alpha value is -0.610. The van der Waals surface area contributed by atoms with E-state index in [1.165, 1.54) is 89.2 Å². The monoisotopic (exact) mass is 707 g/mol. The SMILES string of the molecule is [2H]C(CCCCCCCCCC)CO[C@H]1[C@H](O)[C@@H](CO)OC(OCCP(=O)(OCC=C)OCC=C)[C@@H]1OCC([2H])CCCCCCCCCC. The van der Waals surface area contributed by atoms with Gasteiger partial charge in [-0.05, 0) is 12.8 Å². The van der Waals surface area contributed by atoms with Gasteiger partial charge in [0, 0.05) is 16.0 Å². The molecule has 0 radical (unpaired) electrons. The molecule has 0 saturated carbocycles. The van der Waals surface area contributed by atoms with Gasteiger partial charge in [0.05, 0.1) is 32.6 Å². The van der Waals surface area contributed by atoms with Crippen LogP contribution < -0.4 is 0 Å². The molecule has 284 valence electrons. The minimum absolute atomic E-state index is 0.0335. The van der Waals surface area contributed by atoms with Gasteiger partial charge in [-0.15, -0.1) is 13.2 Å². The van der Waals surface area contributed by atoms with Crippen LogP contribution in [-0.4, -0.2) is 86.7 Å². The van der Waals surface area contributed by atoms with Crippen molar-refractivity contribution in [2.75, 3.05) is 45.8 Å². The summed E-state index contributed by atoms with van der Waals surface area (Å²) < 4.78 is 65.7. The standard InChI is InChI=1S/C38H73O9P/c1-5-9-11-13-15-17-19-21-23-25-29-42-36-35(40)34(33-39)47-38(44-31-32-48(41,45-27-7-3)46-28-8-4)37(36)43-30-26-24-22-20-18-16-14-12-10-6-2/h7-8,34-40H,3-6,9-33H2,1-2H3/t34-,35-,36+,37-,38?/m1/s1/i25D,26D/t25?,26?,34-,35-,36+,37-,38?. The molecule has 0 spiro atoms. The van der Waals surface area contributed by atoms with E-state index in [1.54, 1.807) is 0 Å². The van der Waals surface area contributed by atoms with Crippen molar-refractivity contribution in [2.24, 2.45) is 0 Å². The molecule has 1 aliphatic heterocycles. The quantitative estimate of drug-likeness (QED) is 0.0378. The smallest absolute Gasteiger partial charge is 0.333 e. The fourth-order valence-corrected chi connectivity index (χ4v) is 7.02. The summed E-state index contributed by atoms with van der Waals surface area (Å²) in [5.74, 6) is 0. The third kappa shape index (κ3) is 21.6. The fraction of sp³-hybridized carbons (Fsp3) is 0.895. The van der Waals surface area contributed by atoms with Gasteiger partial charge in [-0.3, -0.25) is 4.57 Å². The summed E-state index contributed by atoms with van der Waals surface area (Å²) >= 11 is 0. The molecule has 10 heteroatoms. The van der Waals surface area contributed by atoms with Crippen LogP contribution in [0.3, 0.4) is 0 Å². The van der Waals surface area contributed by atoms with Gasteiger partial charge < -0.3 is 38.2 Å². The highest BCUT2D eigenvalue weighted by Crippen LogP contribution is 2.48. The topological polar surface area (TPSA) is 113 Å². The lowest BCUT2D eigenvalue weighted by molar-refractivity contribution is -0.315. The van der Waals surface area contributed by atoms with E-state index in [1.807, 2.05) is 0 Å². The van der Waals surface area contributed by atoms with E-state index >= 15 is 0 Å². The maximum atomic E-state index is 13.2. The highest BCUT2D eigenvalue weighted by Gasteiger charge is 2.47. The first-order valence-corrected chi connectivity index (χ1v) is 20.7. The van der Waals surface area contributed by atoms with Crippen molar-refractivity contribution in [1.82, 2.24) is 0 Å². The molecule has 0 aromatic rings. The summed E-state index contributed by atoms with van der Waals surface area (Å²) in [6, 6.07) is 0. The van der Waals surface area contributed by atoms with Crippen LogP contribution in [0.1, 0.15) is 145 Å². The molecule has 0 amide bonds. The van der Waals surface area contributed by atoms with Crippen LogP contribution in [-0.2, 0) is 32.6 Å². The summed E-state index contributed by atoms with van der Waals surface area (Å²) in [5, 5.41) is 21.3. The molecule has 1 heterocycles. The predicted octanol–water partition coefficient (Wildman–Crippen LogP) is 9.29. The second kappa shape index (κ2) is 31.2. The molecule has 1 aliphatic rings. The Labute approximate surface area is 296 Å². The second-order valence-corrected chi connectivity index (χ2v) is 15.0. The van der Waals surface area contributed by atoms with Crippen LogP contribution >= 0.6 is 7.60 Å². The molecule has 0 aromatic carbocycles. The van der Waals surface area contributed by atoms with Crippen molar-refractivity contribution in [3.05, 3.63) is 25.3 Å². The van der Waals surface area contributed by atoms with E-state index in [0.29, 0.717) is 12.8 Å². The maximum absolute atomic E-state index is 13.2. The van der Waals surface area contributed by atoms with Crippen LogP contribution in [0.2, 0.25) is 0 Å². The molecule has 1 fully saturated rings. The number of aliphatic hydroxyl groups excluding tert-OH is 2. The van der Waals surface area contributed by atoms with Crippen LogP contribution in [0.4, 0.5) is 0 Å². The maximum Gasteiger partial charge on any atom is 0.333 e. The molecule has 7 atom stereocenters. The van der Waals surface area contributed by atoms with Crippen molar-refractivity contribution < 1.29 is 45.5 Å². The third-order valence-corrected chi connectivity index (χ3v) is 10.4. The predicted molar refractivity (Wildman–Crippen MR) is 196 cm³/mol. The average molecular weight is 707 g/mol. The van der Waals surface area contributed by atoms with E-state index in [-0.39, 0.29) is 39.2 Å². The lowest BCUT2D eigenvalue weighted by Gasteiger charge is -2.43. The molecule has 0 aromatic heterocycles. The van der Waals surface area contributed by atoms with Crippen molar-refractivity contribution >= 4 is 7.60 Å². The van der Waals surface area contributed by atoms with Gasteiger partial charge in [0.25, 0.3) is 0 Å². The van der Waals surface area contributed by atoms with Gasteiger partial charge >= 0.3 is 7.60 Å². The zero-order valence-corrected chi connectivity index (χ0v) is 31.4. The summed E-state index contributed by atoms with van der Waals surface area (Å²) in [5.41, 5.74) is 0. The first-order valence-electron chi connectivity index (χ1n) is 20.1. The van der Waals surface area contributed by atoms with Gasteiger partial charge in [0.2, 0.25) is 0 Å².